The highest BCUT2D eigenvalue weighted by atomic mass is 16.5. The molecule has 0 aromatic heterocycles. The lowest BCUT2D eigenvalue weighted by Gasteiger charge is -2.35. The van der Waals surface area contributed by atoms with Gasteiger partial charge in [-0.2, -0.15) is 0 Å². The smallest absolute Gasteiger partial charge is 0.125 e. The van der Waals surface area contributed by atoms with Crippen molar-refractivity contribution in [1.82, 2.24) is 5.32 Å². The van der Waals surface area contributed by atoms with Gasteiger partial charge in [0.15, 0.2) is 0 Å². The molecule has 1 heterocycles. The minimum Gasteiger partial charge on any atom is -0.496 e. The molecule has 1 fully saturated rings. The standard InChI is InChI=1S/C16H26N2O2/c1-12(17-2)16-14(6-5-7-15(16)19-4)18(3)13-8-10-20-11-9-13/h5-7,12-13,17H,8-11H2,1-4H3. The van der Waals surface area contributed by atoms with Gasteiger partial charge in [0.25, 0.3) is 0 Å². The van der Waals surface area contributed by atoms with Crippen LogP contribution in [0.25, 0.3) is 0 Å². The second kappa shape index (κ2) is 6.95. The second-order valence-electron chi connectivity index (χ2n) is 5.36. The molecule has 112 valence electrons. The number of hydrogen-bond donors (Lipinski definition) is 1. The minimum atomic E-state index is 0.253. The third-order valence-corrected chi connectivity index (χ3v) is 4.25. The Labute approximate surface area is 122 Å². The number of rotatable bonds is 5. The Hall–Kier alpha value is -1.26. The molecule has 0 radical (unpaired) electrons. The fraction of sp³-hybridized carbons (Fsp3) is 0.625. The fourth-order valence-electron chi connectivity index (χ4n) is 2.87. The van der Waals surface area contributed by atoms with Crippen molar-refractivity contribution in [2.45, 2.75) is 31.8 Å². The molecule has 1 aromatic rings. The topological polar surface area (TPSA) is 33.7 Å². The normalized spacial score (nSPS) is 17.8. The van der Waals surface area contributed by atoms with E-state index in [0.717, 1.165) is 31.8 Å². The van der Waals surface area contributed by atoms with Gasteiger partial charge in [0.1, 0.15) is 5.75 Å². The van der Waals surface area contributed by atoms with Gasteiger partial charge in [-0.1, -0.05) is 6.07 Å². The number of methoxy groups -OCH3 is 1. The molecule has 0 bridgehead atoms. The molecule has 1 atom stereocenters. The van der Waals surface area contributed by atoms with Crippen LogP contribution >= 0.6 is 0 Å². The number of ether oxygens (including phenoxy) is 2. The largest absolute Gasteiger partial charge is 0.496 e. The molecule has 20 heavy (non-hydrogen) atoms. The maximum absolute atomic E-state index is 5.56. The van der Waals surface area contributed by atoms with E-state index in [0.29, 0.717) is 6.04 Å². The van der Waals surface area contributed by atoms with Crippen LogP contribution in [-0.2, 0) is 4.74 Å². The molecular formula is C16H26N2O2. The van der Waals surface area contributed by atoms with Crippen molar-refractivity contribution in [3.05, 3.63) is 23.8 Å². The first-order valence-electron chi connectivity index (χ1n) is 7.33. The van der Waals surface area contributed by atoms with Gasteiger partial charge in [0.05, 0.1) is 7.11 Å². The molecule has 0 aliphatic carbocycles. The predicted molar refractivity (Wildman–Crippen MR) is 82.7 cm³/mol. The average molecular weight is 278 g/mol. The molecule has 1 aliphatic rings. The Morgan fingerprint density at radius 2 is 2.05 bits per heavy atom. The van der Waals surface area contributed by atoms with Crippen molar-refractivity contribution >= 4 is 5.69 Å². The molecule has 4 nitrogen and oxygen atoms in total. The summed E-state index contributed by atoms with van der Waals surface area (Å²) < 4.78 is 11.0. The summed E-state index contributed by atoms with van der Waals surface area (Å²) >= 11 is 0. The van der Waals surface area contributed by atoms with Gasteiger partial charge < -0.3 is 19.7 Å². The third-order valence-electron chi connectivity index (χ3n) is 4.25. The maximum Gasteiger partial charge on any atom is 0.125 e. The lowest BCUT2D eigenvalue weighted by molar-refractivity contribution is 0.0854. The first-order valence-corrected chi connectivity index (χ1v) is 7.33. The SMILES string of the molecule is CNC(C)c1c(OC)cccc1N(C)C1CCOCC1. The van der Waals surface area contributed by atoms with Crippen LogP contribution in [0.5, 0.6) is 5.75 Å². The van der Waals surface area contributed by atoms with Gasteiger partial charge in [0, 0.05) is 43.6 Å². The van der Waals surface area contributed by atoms with E-state index in [2.05, 4.69) is 36.3 Å². The lowest BCUT2D eigenvalue weighted by Crippen LogP contribution is -2.37. The van der Waals surface area contributed by atoms with E-state index in [-0.39, 0.29) is 6.04 Å². The first-order chi connectivity index (χ1) is 9.69. The summed E-state index contributed by atoms with van der Waals surface area (Å²) in [7, 11) is 5.89. The van der Waals surface area contributed by atoms with Gasteiger partial charge in [-0.3, -0.25) is 0 Å². The van der Waals surface area contributed by atoms with Crippen LogP contribution < -0.4 is 15.0 Å². The molecule has 1 unspecified atom stereocenters. The van der Waals surface area contributed by atoms with Crippen LogP contribution in [0.3, 0.4) is 0 Å². The summed E-state index contributed by atoms with van der Waals surface area (Å²) in [4.78, 5) is 2.38. The van der Waals surface area contributed by atoms with Crippen molar-refractivity contribution < 1.29 is 9.47 Å². The van der Waals surface area contributed by atoms with Crippen LogP contribution in [0.4, 0.5) is 5.69 Å². The van der Waals surface area contributed by atoms with E-state index in [1.807, 2.05) is 13.1 Å². The molecule has 2 rings (SSSR count). The van der Waals surface area contributed by atoms with Crippen LogP contribution in [0.2, 0.25) is 0 Å². The van der Waals surface area contributed by atoms with Gasteiger partial charge in [0.2, 0.25) is 0 Å². The van der Waals surface area contributed by atoms with Gasteiger partial charge >= 0.3 is 0 Å². The van der Waals surface area contributed by atoms with Gasteiger partial charge in [-0.15, -0.1) is 0 Å². The molecule has 1 aromatic carbocycles. The summed E-state index contributed by atoms with van der Waals surface area (Å²) in [6.07, 6.45) is 2.17. The molecule has 1 saturated heterocycles. The Morgan fingerprint density at radius 1 is 1.35 bits per heavy atom. The molecule has 1 N–H and O–H groups in total. The number of anilines is 1. The van der Waals surface area contributed by atoms with E-state index in [1.54, 1.807) is 7.11 Å². The second-order valence-corrected chi connectivity index (χ2v) is 5.36. The molecule has 0 spiro atoms. The summed E-state index contributed by atoms with van der Waals surface area (Å²) in [5, 5.41) is 3.32. The van der Waals surface area contributed by atoms with Gasteiger partial charge in [-0.25, -0.2) is 0 Å². The first kappa shape index (κ1) is 15.1. The maximum atomic E-state index is 5.56. The minimum absolute atomic E-state index is 0.253. The summed E-state index contributed by atoms with van der Waals surface area (Å²) in [6, 6.07) is 7.07. The average Bonchev–Trinajstić information content (AvgIpc) is 2.53. The van der Waals surface area contributed by atoms with Crippen molar-refractivity contribution in [1.29, 1.82) is 0 Å². The van der Waals surface area contributed by atoms with Crippen LogP contribution in [0, 0.1) is 0 Å². The van der Waals surface area contributed by atoms with Crippen molar-refractivity contribution in [2.24, 2.45) is 0 Å². The van der Waals surface area contributed by atoms with Crippen LogP contribution in [0.15, 0.2) is 18.2 Å². The molecule has 0 saturated carbocycles. The zero-order chi connectivity index (χ0) is 14.5. The molecule has 1 aliphatic heterocycles. The number of hydrogen-bond acceptors (Lipinski definition) is 4. The number of nitrogens with zero attached hydrogens (tertiary/aromatic N) is 1. The third kappa shape index (κ3) is 3.07. The lowest BCUT2D eigenvalue weighted by atomic mass is 10.0. The van der Waals surface area contributed by atoms with Crippen LogP contribution in [-0.4, -0.2) is 40.5 Å². The van der Waals surface area contributed by atoms with E-state index < -0.39 is 0 Å². The zero-order valence-corrected chi connectivity index (χ0v) is 13.0. The zero-order valence-electron chi connectivity index (χ0n) is 13.0. The Bertz CT molecular complexity index is 430. The molecule has 4 heteroatoms. The van der Waals surface area contributed by atoms with E-state index in [1.165, 1.54) is 11.3 Å². The summed E-state index contributed by atoms with van der Waals surface area (Å²) in [6.45, 7) is 3.88. The highest BCUT2D eigenvalue weighted by molar-refractivity contribution is 5.61. The van der Waals surface area contributed by atoms with Gasteiger partial charge in [-0.05, 0) is 38.9 Å². The van der Waals surface area contributed by atoms with E-state index in [4.69, 9.17) is 9.47 Å². The fourth-order valence-corrected chi connectivity index (χ4v) is 2.87. The summed E-state index contributed by atoms with van der Waals surface area (Å²) in [5.74, 6) is 0.947. The van der Waals surface area contributed by atoms with E-state index in [9.17, 15) is 0 Å². The Kier molecular flexibility index (Phi) is 5.26. The van der Waals surface area contributed by atoms with Crippen molar-refractivity contribution in [3.63, 3.8) is 0 Å². The Morgan fingerprint density at radius 3 is 2.65 bits per heavy atom. The molecular weight excluding hydrogens is 252 g/mol. The van der Waals surface area contributed by atoms with Crippen molar-refractivity contribution in [3.8, 4) is 5.75 Å². The Balaban J connectivity index is 2.33. The van der Waals surface area contributed by atoms with Crippen LogP contribution in [0.1, 0.15) is 31.4 Å². The van der Waals surface area contributed by atoms with Crippen molar-refractivity contribution in [2.75, 3.05) is 39.3 Å². The summed E-state index contributed by atoms with van der Waals surface area (Å²) in [5.41, 5.74) is 2.48. The predicted octanol–water partition coefficient (Wildman–Crippen LogP) is 2.59. The number of benzene rings is 1. The highest BCUT2D eigenvalue weighted by Crippen LogP contribution is 2.35. The quantitative estimate of drug-likeness (QED) is 0.897. The molecule has 0 amide bonds. The number of nitrogens with one attached hydrogen (secondary N) is 1. The van der Waals surface area contributed by atoms with E-state index >= 15 is 0 Å². The monoisotopic (exact) mass is 278 g/mol. The highest BCUT2D eigenvalue weighted by Gasteiger charge is 2.23.